The molecule has 0 N–H and O–H groups in total. The summed E-state index contributed by atoms with van der Waals surface area (Å²) in [5, 5.41) is 11.6. The molecule has 0 atom stereocenters. The molecule has 0 unspecified atom stereocenters. The molecule has 21 heavy (non-hydrogen) atoms. The lowest BCUT2D eigenvalue weighted by molar-refractivity contribution is -0.385. The highest BCUT2D eigenvalue weighted by Crippen LogP contribution is 2.35. The normalized spacial score (nSPS) is 10.2. The molecule has 0 bridgehead atoms. The second kappa shape index (κ2) is 6.91. The molecule has 0 saturated heterocycles. The monoisotopic (exact) mass is 415 g/mol. The van der Waals surface area contributed by atoms with Gasteiger partial charge in [0.1, 0.15) is 11.5 Å². The molecule has 5 nitrogen and oxygen atoms in total. The molecule has 0 heterocycles. The largest absolute Gasteiger partial charge is 0.490 e. The summed E-state index contributed by atoms with van der Waals surface area (Å²) < 4.78 is 11.6. The molecule has 0 saturated carbocycles. The Hall–Kier alpha value is -1.60. The second-order valence-corrected chi connectivity index (χ2v) is 5.55. The van der Waals surface area contributed by atoms with Crippen LogP contribution in [0.15, 0.2) is 40.9 Å². The van der Waals surface area contributed by atoms with Crippen molar-refractivity contribution in [2.24, 2.45) is 0 Å². The third-order valence-electron chi connectivity index (χ3n) is 2.74. The van der Waals surface area contributed by atoms with Crippen LogP contribution in [0.1, 0.15) is 5.56 Å². The van der Waals surface area contributed by atoms with E-state index in [1.54, 1.807) is 12.1 Å². The lowest BCUT2D eigenvalue weighted by atomic mass is 10.2. The van der Waals surface area contributed by atoms with Crippen molar-refractivity contribution in [3.8, 4) is 17.2 Å². The van der Waals surface area contributed by atoms with Crippen molar-refractivity contribution < 1.29 is 14.4 Å². The molecular formula is C14H11Br2NO4. The van der Waals surface area contributed by atoms with Gasteiger partial charge in [-0.1, -0.05) is 31.9 Å². The summed E-state index contributed by atoms with van der Waals surface area (Å²) in [4.78, 5) is 10.5. The number of hydrogen-bond donors (Lipinski definition) is 0. The zero-order valence-corrected chi connectivity index (χ0v) is 14.2. The number of nitro benzene ring substituents is 1. The van der Waals surface area contributed by atoms with Gasteiger partial charge >= 0.3 is 5.69 Å². The molecule has 0 radical (unpaired) electrons. The van der Waals surface area contributed by atoms with E-state index >= 15 is 0 Å². The molecule has 7 heteroatoms. The number of rotatable bonds is 5. The third-order valence-corrected chi connectivity index (χ3v) is 3.84. The van der Waals surface area contributed by atoms with Crippen molar-refractivity contribution in [3.05, 3.63) is 56.5 Å². The highest BCUT2D eigenvalue weighted by Gasteiger charge is 2.16. The van der Waals surface area contributed by atoms with E-state index in [0.717, 1.165) is 10.0 Å². The quantitative estimate of drug-likeness (QED) is 0.388. The first-order valence-electron chi connectivity index (χ1n) is 5.90. The van der Waals surface area contributed by atoms with Crippen molar-refractivity contribution >= 4 is 37.5 Å². The fraction of sp³-hybridized carbons (Fsp3) is 0.143. The lowest BCUT2D eigenvalue weighted by Gasteiger charge is -2.11. The fourth-order valence-electron chi connectivity index (χ4n) is 1.75. The second-order valence-electron chi connectivity index (χ2n) is 4.08. The number of ether oxygens (including phenoxy) is 2. The van der Waals surface area contributed by atoms with E-state index in [2.05, 4.69) is 31.9 Å². The first-order chi connectivity index (χ1) is 10.0. The Kier molecular flexibility index (Phi) is 5.19. The van der Waals surface area contributed by atoms with Crippen molar-refractivity contribution in [1.82, 2.24) is 0 Å². The summed E-state index contributed by atoms with van der Waals surface area (Å²) in [6, 6.07) is 10.1. The maximum atomic E-state index is 11.0. The highest BCUT2D eigenvalue weighted by molar-refractivity contribution is 9.10. The van der Waals surface area contributed by atoms with Gasteiger partial charge in [0.25, 0.3) is 0 Å². The van der Waals surface area contributed by atoms with Gasteiger partial charge in [-0.05, 0) is 30.3 Å². The van der Waals surface area contributed by atoms with Crippen LogP contribution >= 0.6 is 31.9 Å². The minimum atomic E-state index is -0.501. The van der Waals surface area contributed by atoms with E-state index in [1.807, 2.05) is 12.1 Å². The minimum absolute atomic E-state index is 0.132. The molecule has 110 valence electrons. The average Bonchev–Trinajstić information content (AvgIpc) is 2.48. The van der Waals surface area contributed by atoms with Gasteiger partial charge in [0.05, 0.1) is 18.1 Å². The van der Waals surface area contributed by atoms with Crippen molar-refractivity contribution in [3.63, 3.8) is 0 Å². The van der Waals surface area contributed by atoms with Crippen molar-refractivity contribution in [1.29, 1.82) is 0 Å². The Labute approximate surface area is 138 Å². The van der Waals surface area contributed by atoms with E-state index in [4.69, 9.17) is 9.47 Å². The van der Waals surface area contributed by atoms with E-state index in [-0.39, 0.29) is 11.4 Å². The van der Waals surface area contributed by atoms with Crippen LogP contribution in [0.5, 0.6) is 17.2 Å². The predicted octanol–water partition coefficient (Wildman–Crippen LogP) is 5.05. The number of nitrogens with zero attached hydrogens (tertiary/aromatic N) is 1. The standard InChI is InChI=1S/C14H11Br2NO4/c1-20-14-5-3-11(7-12(14)17(18)19)21-13-4-2-10(16)6-9(13)8-15/h2-7H,8H2,1H3. The van der Waals surface area contributed by atoms with Gasteiger partial charge < -0.3 is 9.47 Å². The Balaban J connectivity index is 2.36. The molecule has 0 aliphatic heterocycles. The van der Waals surface area contributed by atoms with Crippen molar-refractivity contribution in [2.75, 3.05) is 7.11 Å². The Morgan fingerprint density at radius 3 is 2.52 bits per heavy atom. The van der Waals surface area contributed by atoms with Gasteiger partial charge in [-0.15, -0.1) is 0 Å². The summed E-state index contributed by atoms with van der Waals surface area (Å²) in [5.74, 6) is 1.21. The minimum Gasteiger partial charge on any atom is -0.490 e. The highest BCUT2D eigenvalue weighted by atomic mass is 79.9. The predicted molar refractivity (Wildman–Crippen MR) is 86.5 cm³/mol. The number of hydrogen-bond acceptors (Lipinski definition) is 4. The smallest absolute Gasteiger partial charge is 0.314 e. The molecule has 2 aromatic rings. The van der Waals surface area contributed by atoms with Gasteiger partial charge in [0.15, 0.2) is 5.75 Å². The van der Waals surface area contributed by atoms with Gasteiger partial charge in [-0.3, -0.25) is 10.1 Å². The van der Waals surface area contributed by atoms with Crippen LogP contribution in [0.2, 0.25) is 0 Å². The van der Waals surface area contributed by atoms with E-state index < -0.39 is 4.92 Å². The van der Waals surface area contributed by atoms with Crippen LogP contribution in [0.4, 0.5) is 5.69 Å². The van der Waals surface area contributed by atoms with E-state index in [0.29, 0.717) is 16.8 Å². The molecule has 0 amide bonds. The van der Waals surface area contributed by atoms with E-state index in [9.17, 15) is 10.1 Å². The first kappa shape index (κ1) is 15.8. The Morgan fingerprint density at radius 2 is 1.90 bits per heavy atom. The maximum absolute atomic E-state index is 11.0. The summed E-state index contributed by atoms with van der Waals surface area (Å²) in [7, 11) is 1.39. The van der Waals surface area contributed by atoms with Crippen LogP contribution < -0.4 is 9.47 Å². The number of alkyl halides is 1. The molecule has 2 rings (SSSR count). The zero-order valence-electron chi connectivity index (χ0n) is 11.0. The molecule has 0 aliphatic rings. The Bertz CT molecular complexity index is 676. The van der Waals surface area contributed by atoms with Crippen LogP contribution in [0, 0.1) is 10.1 Å². The SMILES string of the molecule is COc1ccc(Oc2ccc(Br)cc2CBr)cc1[N+](=O)[O-]. The number of halogens is 2. The topological polar surface area (TPSA) is 61.6 Å². The Morgan fingerprint density at radius 1 is 1.19 bits per heavy atom. The number of benzene rings is 2. The van der Waals surface area contributed by atoms with E-state index in [1.165, 1.54) is 19.2 Å². The lowest BCUT2D eigenvalue weighted by Crippen LogP contribution is -1.95. The van der Waals surface area contributed by atoms with Crippen LogP contribution in [0.25, 0.3) is 0 Å². The van der Waals surface area contributed by atoms with Crippen LogP contribution in [-0.4, -0.2) is 12.0 Å². The maximum Gasteiger partial charge on any atom is 0.314 e. The molecule has 0 spiro atoms. The first-order valence-corrected chi connectivity index (χ1v) is 7.81. The summed E-state index contributed by atoms with van der Waals surface area (Å²) in [6.45, 7) is 0. The van der Waals surface area contributed by atoms with Gasteiger partial charge in [0, 0.05) is 15.4 Å². The fourth-order valence-corrected chi connectivity index (χ4v) is 2.60. The van der Waals surface area contributed by atoms with Crippen LogP contribution in [-0.2, 0) is 5.33 Å². The number of methoxy groups -OCH3 is 1. The average molecular weight is 417 g/mol. The van der Waals surface area contributed by atoms with Gasteiger partial charge in [0.2, 0.25) is 0 Å². The zero-order chi connectivity index (χ0) is 15.4. The third kappa shape index (κ3) is 3.74. The molecule has 0 aromatic heterocycles. The van der Waals surface area contributed by atoms with Crippen LogP contribution in [0.3, 0.4) is 0 Å². The molecule has 2 aromatic carbocycles. The summed E-state index contributed by atoms with van der Waals surface area (Å²) >= 11 is 6.78. The molecule has 0 aliphatic carbocycles. The molecular weight excluding hydrogens is 406 g/mol. The van der Waals surface area contributed by atoms with Gasteiger partial charge in [-0.2, -0.15) is 0 Å². The number of nitro groups is 1. The summed E-state index contributed by atoms with van der Waals surface area (Å²) in [5.41, 5.74) is 0.801. The van der Waals surface area contributed by atoms with Gasteiger partial charge in [-0.25, -0.2) is 0 Å². The molecule has 0 fully saturated rings. The van der Waals surface area contributed by atoms with Crippen molar-refractivity contribution in [2.45, 2.75) is 5.33 Å². The summed E-state index contributed by atoms with van der Waals surface area (Å²) in [6.07, 6.45) is 0.